The first-order valence-electron chi connectivity index (χ1n) is 8.00. The van der Waals surface area contributed by atoms with Gasteiger partial charge >= 0.3 is 0 Å². The van der Waals surface area contributed by atoms with Crippen molar-refractivity contribution in [3.63, 3.8) is 0 Å². The average Bonchev–Trinajstić information content (AvgIpc) is 2.85. The van der Waals surface area contributed by atoms with Gasteiger partial charge in [-0.2, -0.15) is 5.10 Å². The summed E-state index contributed by atoms with van der Waals surface area (Å²) in [5.41, 5.74) is 4.81. The van der Waals surface area contributed by atoms with E-state index in [-0.39, 0.29) is 16.7 Å². The second kappa shape index (κ2) is 5.62. The Labute approximate surface area is 145 Å². The first kappa shape index (κ1) is 16.5. The van der Waals surface area contributed by atoms with Crippen molar-refractivity contribution in [3.8, 4) is 5.75 Å². The molecule has 0 spiro atoms. The molecule has 2 saturated carbocycles. The molecule has 0 radical (unpaired) electrons. The fraction of sp³-hybridized carbons (Fsp3) is 0.556. The van der Waals surface area contributed by atoms with E-state index in [1.54, 1.807) is 25.3 Å². The lowest BCUT2D eigenvalue weighted by Crippen LogP contribution is -2.34. The molecule has 1 aromatic rings. The highest BCUT2D eigenvalue weighted by molar-refractivity contribution is 9.10. The molecule has 0 aliphatic heterocycles. The van der Waals surface area contributed by atoms with E-state index >= 15 is 0 Å². The van der Waals surface area contributed by atoms with Crippen molar-refractivity contribution in [3.05, 3.63) is 28.2 Å². The summed E-state index contributed by atoms with van der Waals surface area (Å²) in [4.78, 5) is 12.3. The molecule has 2 aliphatic carbocycles. The number of carbonyl (C=O) groups excluding carboxylic acids is 1. The summed E-state index contributed by atoms with van der Waals surface area (Å²) in [5.74, 6) is 1.19. The maximum Gasteiger partial charge on any atom is 0.271 e. The van der Waals surface area contributed by atoms with E-state index in [4.69, 9.17) is 4.74 Å². The van der Waals surface area contributed by atoms with Gasteiger partial charge in [-0.1, -0.05) is 20.8 Å². The van der Waals surface area contributed by atoms with E-state index in [2.05, 4.69) is 47.2 Å². The third kappa shape index (κ3) is 2.49. The van der Waals surface area contributed by atoms with Gasteiger partial charge in [0.05, 0.1) is 11.6 Å². The van der Waals surface area contributed by atoms with Crippen molar-refractivity contribution in [1.82, 2.24) is 5.43 Å². The van der Waals surface area contributed by atoms with E-state index in [9.17, 15) is 4.79 Å². The molecule has 3 rings (SSSR count). The van der Waals surface area contributed by atoms with E-state index in [0.717, 1.165) is 23.0 Å². The van der Waals surface area contributed by atoms with Gasteiger partial charge in [0.2, 0.25) is 0 Å². The predicted octanol–water partition coefficient (Wildman–Crippen LogP) is 4.39. The number of nitrogens with zero attached hydrogens (tertiary/aromatic N) is 1. The molecule has 4 nitrogen and oxygen atoms in total. The van der Waals surface area contributed by atoms with Crippen LogP contribution < -0.4 is 10.2 Å². The van der Waals surface area contributed by atoms with Crippen molar-refractivity contribution in [1.29, 1.82) is 0 Å². The number of fused-ring (bicyclic) bond motifs is 2. The molecule has 1 aromatic carbocycles. The molecule has 1 N–H and O–H groups in total. The molecule has 2 bridgehead atoms. The number of ether oxygens (including phenoxy) is 1. The van der Waals surface area contributed by atoms with Gasteiger partial charge in [0.25, 0.3) is 5.91 Å². The van der Waals surface area contributed by atoms with Gasteiger partial charge in [0, 0.05) is 16.7 Å². The summed E-state index contributed by atoms with van der Waals surface area (Å²) in [6.45, 7) is 6.94. The minimum Gasteiger partial charge on any atom is -0.496 e. The van der Waals surface area contributed by atoms with Gasteiger partial charge in [-0.15, -0.1) is 0 Å². The van der Waals surface area contributed by atoms with Gasteiger partial charge in [-0.05, 0) is 64.7 Å². The van der Waals surface area contributed by atoms with Crippen molar-refractivity contribution in [2.75, 3.05) is 7.11 Å². The number of hydrogen-bond donors (Lipinski definition) is 1. The Balaban J connectivity index is 1.76. The highest BCUT2D eigenvalue weighted by atomic mass is 79.9. The summed E-state index contributed by atoms with van der Waals surface area (Å²) < 4.78 is 5.94. The van der Waals surface area contributed by atoms with E-state index in [1.165, 1.54) is 6.42 Å². The summed E-state index contributed by atoms with van der Waals surface area (Å²) in [6, 6.07) is 5.26. The smallest absolute Gasteiger partial charge is 0.271 e. The molecule has 0 unspecified atom stereocenters. The Morgan fingerprint density at radius 1 is 1.39 bits per heavy atom. The minimum atomic E-state index is -0.190. The van der Waals surface area contributed by atoms with Crippen LogP contribution in [0.3, 0.4) is 0 Å². The number of hydrazone groups is 1. The van der Waals surface area contributed by atoms with Gasteiger partial charge in [-0.25, -0.2) is 5.43 Å². The summed E-state index contributed by atoms with van der Waals surface area (Å²) in [6.07, 6.45) is 3.42. The van der Waals surface area contributed by atoms with Crippen LogP contribution in [0.2, 0.25) is 0 Å². The first-order valence-corrected chi connectivity index (χ1v) is 8.80. The molecule has 23 heavy (non-hydrogen) atoms. The maximum absolute atomic E-state index is 12.3. The highest BCUT2D eigenvalue weighted by Gasteiger charge is 2.59. The molecule has 124 valence electrons. The fourth-order valence-corrected chi connectivity index (χ4v) is 4.63. The standard InChI is InChI=1S/C18H23BrN2O2/c1-17(2)12-7-8-18(17,3)15(10-12)20-21-16(22)11-5-6-14(23-4)13(19)9-11/h5-6,9,12H,7-8,10H2,1-4H3,(H,21,22)/b20-15-/t12-,18-/m1/s1. The molecule has 0 heterocycles. The van der Waals surface area contributed by atoms with Gasteiger partial charge in [0.1, 0.15) is 5.75 Å². The van der Waals surface area contributed by atoms with Crippen LogP contribution in [-0.2, 0) is 0 Å². The molecular formula is C18H23BrN2O2. The Hall–Kier alpha value is -1.36. The fourth-order valence-electron chi connectivity index (χ4n) is 4.09. The summed E-state index contributed by atoms with van der Waals surface area (Å²) in [5, 5.41) is 4.49. The van der Waals surface area contributed by atoms with E-state index in [0.29, 0.717) is 17.2 Å². The van der Waals surface area contributed by atoms with Crippen LogP contribution in [0.1, 0.15) is 50.4 Å². The van der Waals surface area contributed by atoms with Crippen molar-refractivity contribution < 1.29 is 9.53 Å². The number of rotatable bonds is 3. The number of amides is 1. The zero-order valence-corrected chi connectivity index (χ0v) is 15.7. The van der Waals surface area contributed by atoms with Crippen LogP contribution in [0, 0.1) is 16.7 Å². The van der Waals surface area contributed by atoms with E-state index in [1.807, 2.05) is 0 Å². The van der Waals surface area contributed by atoms with Crippen molar-refractivity contribution in [2.24, 2.45) is 21.8 Å². The van der Waals surface area contributed by atoms with Crippen LogP contribution in [-0.4, -0.2) is 18.7 Å². The summed E-state index contributed by atoms with van der Waals surface area (Å²) >= 11 is 3.40. The molecule has 0 aromatic heterocycles. The predicted molar refractivity (Wildman–Crippen MR) is 94.8 cm³/mol. The molecule has 2 fully saturated rings. The molecule has 2 atom stereocenters. The Morgan fingerprint density at radius 3 is 2.65 bits per heavy atom. The maximum atomic E-state index is 12.3. The first-order chi connectivity index (χ1) is 10.8. The van der Waals surface area contributed by atoms with Crippen LogP contribution in [0.4, 0.5) is 0 Å². The number of nitrogens with one attached hydrogen (secondary N) is 1. The van der Waals surface area contributed by atoms with Crippen LogP contribution in [0.15, 0.2) is 27.8 Å². The normalized spacial score (nSPS) is 29.8. The number of carbonyl (C=O) groups is 1. The van der Waals surface area contributed by atoms with Crippen LogP contribution >= 0.6 is 15.9 Å². The van der Waals surface area contributed by atoms with E-state index < -0.39 is 0 Å². The second-order valence-electron chi connectivity index (χ2n) is 7.34. The van der Waals surface area contributed by atoms with Crippen LogP contribution in [0.5, 0.6) is 5.75 Å². The number of hydrogen-bond acceptors (Lipinski definition) is 3. The Kier molecular flexibility index (Phi) is 4.03. The molecule has 2 aliphatic rings. The summed E-state index contributed by atoms with van der Waals surface area (Å²) in [7, 11) is 1.60. The molecule has 0 saturated heterocycles. The van der Waals surface area contributed by atoms with Crippen molar-refractivity contribution in [2.45, 2.75) is 40.0 Å². The van der Waals surface area contributed by atoms with Crippen LogP contribution in [0.25, 0.3) is 0 Å². The average molecular weight is 379 g/mol. The Bertz CT molecular complexity index is 684. The quantitative estimate of drug-likeness (QED) is 0.792. The lowest BCUT2D eigenvalue weighted by molar-refractivity contribution is 0.0953. The minimum absolute atomic E-state index is 0.103. The van der Waals surface area contributed by atoms with Gasteiger partial charge in [0.15, 0.2) is 0 Å². The largest absolute Gasteiger partial charge is 0.496 e. The highest BCUT2D eigenvalue weighted by Crippen LogP contribution is 2.63. The lowest BCUT2D eigenvalue weighted by Gasteiger charge is -2.34. The van der Waals surface area contributed by atoms with Gasteiger partial charge < -0.3 is 4.74 Å². The third-order valence-corrected chi connectivity index (χ3v) is 6.84. The Morgan fingerprint density at radius 2 is 2.13 bits per heavy atom. The molecule has 5 heteroatoms. The number of methoxy groups -OCH3 is 1. The molecular weight excluding hydrogens is 356 g/mol. The number of benzene rings is 1. The lowest BCUT2D eigenvalue weighted by atomic mass is 9.70. The second-order valence-corrected chi connectivity index (χ2v) is 8.20. The SMILES string of the molecule is COc1ccc(C(=O)N/N=C2/C[C@H]3CC[C@@]2(C)C3(C)C)cc1Br. The molecule has 1 amide bonds. The zero-order chi connectivity index (χ0) is 16.8. The monoisotopic (exact) mass is 378 g/mol. The zero-order valence-electron chi connectivity index (χ0n) is 14.1. The van der Waals surface area contributed by atoms with Gasteiger partial charge in [-0.3, -0.25) is 4.79 Å². The third-order valence-electron chi connectivity index (χ3n) is 6.22. The van der Waals surface area contributed by atoms with Crippen molar-refractivity contribution >= 4 is 27.5 Å². The topological polar surface area (TPSA) is 50.7 Å². The number of halogens is 1.